The van der Waals surface area contributed by atoms with Gasteiger partial charge in [0.15, 0.2) is 0 Å². The Morgan fingerprint density at radius 3 is 2.62 bits per heavy atom. The van der Waals surface area contributed by atoms with Crippen molar-refractivity contribution in [3.05, 3.63) is 34.9 Å². The van der Waals surface area contributed by atoms with Crippen molar-refractivity contribution in [1.29, 1.82) is 0 Å². The SMILES string of the molecule is Cc1ccc(CN2CC(C)NCC23CCCCC3)cc1C. The van der Waals surface area contributed by atoms with Crippen LogP contribution in [0.1, 0.15) is 55.7 Å². The first kappa shape index (κ1) is 15.1. The Morgan fingerprint density at radius 2 is 1.90 bits per heavy atom. The molecule has 21 heavy (non-hydrogen) atoms. The van der Waals surface area contributed by atoms with Crippen LogP contribution in [0.4, 0.5) is 0 Å². The second-order valence-electron chi connectivity index (χ2n) is 7.37. The lowest BCUT2D eigenvalue weighted by molar-refractivity contribution is 0.00616. The predicted molar refractivity (Wildman–Crippen MR) is 89.6 cm³/mol. The lowest BCUT2D eigenvalue weighted by Crippen LogP contribution is -2.64. The highest BCUT2D eigenvalue weighted by molar-refractivity contribution is 5.30. The molecule has 1 aromatic rings. The van der Waals surface area contributed by atoms with Crippen LogP contribution in [0.15, 0.2) is 18.2 Å². The van der Waals surface area contributed by atoms with E-state index in [1.54, 1.807) is 0 Å². The molecule has 1 N–H and O–H groups in total. The third kappa shape index (κ3) is 3.17. The fourth-order valence-electron chi connectivity index (χ4n) is 4.12. The van der Waals surface area contributed by atoms with Crippen LogP contribution in [0.3, 0.4) is 0 Å². The van der Waals surface area contributed by atoms with Crippen LogP contribution in [0.25, 0.3) is 0 Å². The molecule has 1 atom stereocenters. The van der Waals surface area contributed by atoms with Crippen molar-refractivity contribution in [2.75, 3.05) is 13.1 Å². The smallest absolute Gasteiger partial charge is 0.0338 e. The molecule has 0 bridgehead atoms. The average Bonchev–Trinajstić information content (AvgIpc) is 2.48. The van der Waals surface area contributed by atoms with E-state index in [-0.39, 0.29) is 0 Å². The van der Waals surface area contributed by atoms with E-state index in [1.165, 1.54) is 61.9 Å². The van der Waals surface area contributed by atoms with Gasteiger partial charge < -0.3 is 5.32 Å². The Labute approximate surface area is 129 Å². The molecule has 2 nitrogen and oxygen atoms in total. The maximum Gasteiger partial charge on any atom is 0.0338 e. The van der Waals surface area contributed by atoms with Gasteiger partial charge in [0.05, 0.1) is 0 Å². The Kier molecular flexibility index (Phi) is 4.37. The highest BCUT2D eigenvalue weighted by Crippen LogP contribution is 2.36. The lowest BCUT2D eigenvalue weighted by atomic mass is 9.78. The summed E-state index contributed by atoms with van der Waals surface area (Å²) in [6.45, 7) is 10.2. The average molecular weight is 286 g/mol. The molecule has 0 amide bonds. The summed E-state index contributed by atoms with van der Waals surface area (Å²) in [5, 5.41) is 3.74. The van der Waals surface area contributed by atoms with Gasteiger partial charge in [0.25, 0.3) is 0 Å². The summed E-state index contributed by atoms with van der Waals surface area (Å²) < 4.78 is 0. The summed E-state index contributed by atoms with van der Waals surface area (Å²) in [5.74, 6) is 0. The molecule has 1 unspecified atom stereocenters. The molecule has 2 fully saturated rings. The molecule has 1 saturated carbocycles. The normalized spacial score (nSPS) is 26.1. The molecular weight excluding hydrogens is 256 g/mol. The largest absolute Gasteiger partial charge is 0.311 e. The van der Waals surface area contributed by atoms with Crippen molar-refractivity contribution in [1.82, 2.24) is 10.2 Å². The zero-order valence-corrected chi connectivity index (χ0v) is 13.9. The molecule has 0 radical (unpaired) electrons. The van der Waals surface area contributed by atoms with Gasteiger partial charge >= 0.3 is 0 Å². The Morgan fingerprint density at radius 1 is 1.14 bits per heavy atom. The van der Waals surface area contributed by atoms with Crippen LogP contribution in [-0.4, -0.2) is 29.6 Å². The van der Waals surface area contributed by atoms with Crippen molar-refractivity contribution in [3.8, 4) is 0 Å². The summed E-state index contributed by atoms with van der Waals surface area (Å²) in [7, 11) is 0. The van der Waals surface area contributed by atoms with Gasteiger partial charge in [-0.2, -0.15) is 0 Å². The van der Waals surface area contributed by atoms with E-state index in [1.807, 2.05) is 0 Å². The maximum atomic E-state index is 3.74. The number of benzene rings is 1. The zero-order valence-electron chi connectivity index (χ0n) is 13.9. The minimum absolute atomic E-state index is 0.420. The van der Waals surface area contributed by atoms with Crippen molar-refractivity contribution in [2.45, 2.75) is 71.0 Å². The number of piperazine rings is 1. The quantitative estimate of drug-likeness (QED) is 0.889. The van der Waals surface area contributed by atoms with Gasteiger partial charge in [-0.15, -0.1) is 0 Å². The summed E-state index contributed by atoms with van der Waals surface area (Å²) in [4.78, 5) is 2.79. The molecular formula is C19H30N2. The van der Waals surface area contributed by atoms with Gasteiger partial charge in [-0.25, -0.2) is 0 Å². The summed E-state index contributed by atoms with van der Waals surface area (Å²) in [6, 6.07) is 7.61. The van der Waals surface area contributed by atoms with E-state index in [4.69, 9.17) is 0 Å². The second kappa shape index (κ2) is 6.10. The van der Waals surface area contributed by atoms with Crippen LogP contribution in [-0.2, 0) is 6.54 Å². The minimum atomic E-state index is 0.420. The third-order valence-corrected chi connectivity index (χ3v) is 5.67. The van der Waals surface area contributed by atoms with E-state index in [9.17, 15) is 0 Å². The molecule has 116 valence electrons. The third-order valence-electron chi connectivity index (χ3n) is 5.67. The standard InChI is InChI=1S/C19H30N2/c1-15-7-8-18(11-16(15)2)13-21-12-17(3)20-14-19(21)9-5-4-6-10-19/h7-8,11,17,20H,4-6,9-10,12-14H2,1-3H3. The molecule has 1 aliphatic heterocycles. The van der Waals surface area contributed by atoms with Crippen LogP contribution in [0.2, 0.25) is 0 Å². The molecule has 1 saturated heterocycles. The van der Waals surface area contributed by atoms with Gasteiger partial charge in [-0.1, -0.05) is 37.5 Å². The van der Waals surface area contributed by atoms with Gasteiger partial charge in [-0.05, 0) is 50.3 Å². The lowest BCUT2D eigenvalue weighted by Gasteiger charge is -2.51. The molecule has 3 rings (SSSR count). The molecule has 1 aliphatic carbocycles. The van der Waals surface area contributed by atoms with Gasteiger partial charge in [-0.3, -0.25) is 4.90 Å². The fourth-order valence-corrected chi connectivity index (χ4v) is 4.12. The Balaban J connectivity index is 1.80. The Hall–Kier alpha value is -0.860. The first-order valence-electron chi connectivity index (χ1n) is 8.64. The second-order valence-corrected chi connectivity index (χ2v) is 7.37. The van der Waals surface area contributed by atoms with Crippen molar-refractivity contribution in [3.63, 3.8) is 0 Å². The molecule has 2 heteroatoms. The number of aryl methyl sites for hydroxylation is 2. The van der Waals surface area contributed by atoms with E-state index >= 15 is 0 Å². The minimum Gasteiger partial charge on any atom is -0.311 e. The summed E-state index contributed by atoms with van der Waals surface area (Å²) >= 11 is 0. The first-order valence-corrected chi connectivity index (χ1v) is 8.64. The highest BCUT2D eigenvalue weighted by Gasteiger charge is 2.41. The first-order chi connectivity index (χ1) is 10.1. The molecule has 2 aliphatic rings. The summed E-state index contributed by atoms with van der Waals surface area (Å²) in [5.41, 5.74) is 4.73. The fraction of sp³-hybridized carbons (Fsp3) is 0.684. The van der Waals surface area contributed by atoms with E-state index in [2.05, 4.69) is 49.2 Å². The molecule has 1 spiro atoms. The maximum absolute atomic E-state index is 3.74. The number of hydrogen-bond acceptors (Lipinski definition) is 2. The molecule has 0 aromatic heterocycles. The number of hydrogen-bond donors (Lipinski definition) is 1. The van der Waals surface area contributed by atoms with Crippen LogP contribution in [0.5, 0.6) is 0 Å². The summed E-state index contributed by atoms with van der Waals surface area (Å²) in [6.07, 6.45) is 6.98. The van der Waals surface area contributed by atoms with E-state index in [0.717, 1.165) is 6.54 Å². The molecule has 1 heterocycles. The number of nitrogens with one attached hydrogen (secondary N) is 1. The highest BCUT2D eigenvalue weighted by atomic mass is 15.3. The monoisotopic (exact) mass is 286 g/mol. The van der Waals surface area contributed by atoms with Gasteiger partial charge in [0.1, 0.15) is 0 Å². The van der Waals surface area contributed by atoms with Crippen molar-refractivity contribution >= 4 is 0 Å². The van der Waals surface area contributed by atoms with Gasteiger partial charge in [0, 0.05) is 31.2 Å². The Bertz CT molecular complexity index is 488. The topological polar surface area (TPSA) is 15.3 Å². The predicted octanol–water partition coefficient (Wildman–Crippen LogP) is 3.80. The van der Waals surface area contributed by atoms with Crippen LogP contribution in [0, 0.1) is 13.8 Å². The van der Waals surface area contributed by atoms with Crippen molar-refractivity contribution < 1.29 is 0 Å². The van der Waals surface area contributed by atoms with Crippen LogP contribution < -0.4 is 5.32 Å². The molecule has 1 aromatic carbocycles. The number of nitrogens with zero attached hydrogens (tertiary/aromatic N) is 1. The van der Waals surface area contributed by atoms with E-state index in [0.29, 0.717) is 11.6 Å². The van der Waals surface area contributed by atoms with Crippen LogP contribution >= 0.6 is 0 Å². The van der Waals surface area contributed by atoms with Gasteiger partial charge in [0.2, 0.25) is 0 Å². The van der Waals surface area contributed by atoms with E-state index < -0.39 is 0 Å². The zero-order chi connectivity index (χ0) is 14.9. The van der Waals surface area contributed by atoms with Crippen molar-refractivity contribution in [2.24, 2.45) is 0 Å². The number of rotatable bonds is 2.